The Bertz CT molecular complexity index is 88.5. The molecule has 0 heterocycles. The summed E-state index contributed by atoms with van der Waals surface area (Å²) in [5, 5.41) is 5.72. The van der Waals surface area contributed by atoms with Gasteiger partial charge >= 0.3 is 41.6 Å². The van der Waals surface area contributed by atoms with Crippen molar-refractivity contribution < 1.29 is 17.9 Å². The summed E-state index contributed by atoms with van der Waals surface area (Å²) in [6.45, 7) is 0. The van der Waals surface area contributed by atoms with Gasteiger partial charge in [-0.15, -0.1) is 0 Å². The van der Waals surface area contributed by atoms with Gasteiger partial charge in [0, 0.05) is 0 Å². The first-order chi connectivity index (χ1) is 2.24. The van der Waals surface area contributed by atoms with Gasteiger partial charge < -0.3 is 0 Å². The zero-order valence-corrected chi connectivity index (χ0v) is 8.47. The van der Waals surface area contributed by atoms with Crippen LogP contribution in [0.4, 0.5) is 0 Å². The summed E-state index contributed by atoms with van der Waals surface area (Å²) >= 11 is -2.71. The van der Waals surface area contributed by atoms with Crippen LogP contribution in [0.25, 0.3) is 0 Å². The van der Waals surface area contributed by atoms with E-state index in [0.717, 1.165) is 8.11 Å². The molecule has 0 unspecified atom stereocenters. The second-order valence-corrected chi connectivity index (χ2v) is 29.8. The third kappa shape index (κ3) is 123. The molecule has 0 spiro atoms. The zero-order chi connectivity index (χ0) is 5.45. The van der Waals surface area contributed by atoms with E-state index in [2.05, 4.69) is 0 Å². The summed E-state index contributed by atoms with van der Waals surface area (Å²) in [7, 11) is 0.903. The van der Waals surface area contributed by atoms with Gasteiger partial charge in [-0.1, -0.05) is 0 Å². The Morgan fingerprint density at radius 1 is 1.33 bits per heavy atom. The van der Waals surface area contributed by atoms with Crippen molar-refractivity contribution >= 4 is 8.11 Å². The Morgan fingerprint density at radius 3 is 1.33 bits per heavy atom. The van der Waals surface area contributed by atoms with Crippen molar-refractivity contribution in [1.29, 1.82) is 0 Å². The van der Waals surface area contributed by atoms with Gasteiger partial charge in [-0.05, 0) is 0 Å². The fourth-order valence-corrected chi connectivity index (χ4v) is 0. The van der Waals surface area contributed by atoms with Crippen LogP contribution in [0.5, 0.6) is 0 Å². The molecule has 3 heteroatoms. The summed E-state index contributed by atoms with van der Waals surface area (Å²) in [6, 6.07) is 0. The van der Waals surface area contributed by atoms with Gasteiger partial charge in [0.2, 0.25) is 0 Å². The van der Waals surface area contributed by atoms with E-state index in [1.165, 1.54) is 0 Å². The quantitative estimate of drug-likeness (QED) is 0.446. The van der Waals surface area contributed by atoms with E-state index in [9.17, 15) is 3.32 Å². The average Bonchev–Trinajstić information content (AvgIpc) is 0.650. The minimum atomic E-state index is -2.71. The molecule has 0 aromatic rings. The average molecular weight is 140 g/mol. The Balaban J connectivity index is 4.16. The molecule has 6 heavy (non-hydrogen) atoms. The van der Waals surface area contributed by atoms with Gasteiger partial charge in [0.25, 0.3) is 0 Å². The maximum absolute atomic E-state index is 10.9. The molecule has 38 valence electrons. The van der Waals surface area contributed by atoms with Crippen LogP contribution < -0.4 is 0 Å². The molecule has 0 amide bonds. The van der Waals surface area contributed by atoms with Crippen molar-refractivity contribution in [3.63, 3.8) is 0 Å². The zero-order valence-electron chi connectivity index (χ0n) is 4.91. The van der Waals surface area contributed by atoms with Crippen LogP contribution in [-0.2, 0) is 17.9 Å². The fourth-order valence-electron chi connectivity index (χ4n) is 0. The number of hydrogen-bond acceptors (Lipinski definition) is 1. The van der Waals surface area contributed by atoms with Crippen molar-refractivity contribution in [2.45, 2.75) is 15.7 Å². The van der Waals surface area contributed by atoms with Crippen LogP contribution in [0, 0.1) is 0 Å². The van der Waals surface area contributed by atoms with Crippen LogP contribution in [0.15, 0.2) is 0 Å². The molecule has 0 aliphatic carbocycles. The molecule has 0 saturated carbocycles. The van der Waals surface area contributed by atoms with Crippen molar-refractivity contribution in [3.8, 4) is 0 Å². The van der Waals surface area contributed by atoms with Crippen molar-refractivity contribution in [3.05, 3.63) is 0 Å². The van der Waals surface area contributed by atoms with Crippen LogP contribution in [0.1, 0.15) is 0 Å². The topological polar surface area (TPSA) is 17.1 Å². The molecule has 0 radical (unpaired) electrons. The summed E-state index contributed by atoms with van der Waals surface area (Å²) < 4.78 is 10.9. The summed E-state index contributed by atoms with van der Waals surface area (Å²) in [4.78, 5) is 0. The van der Waals surface area contributed by atoms with Crippen molar-refractivity contribution in [2.24, 2.45) is 0 Å². The Labute approximate surface area is 42.0 Å². The minimum absolute atomic E-state index is 0.903. The van der Waals surface area contributed by atoms with E-state index < -0.39 is 14.5 Å². The van der Waals surface area contributed by atoms with E-state index >= 15 is 0 Å². The van der Waals surface area contributed by atoms with Gasteiger partial charge in [0.15, 0.2) is 0 Å². The molecule has 0 atom stereocenters. The van der Waals surface area contributed by atoms with Gasteiger partial charge in [-0.25, -0.2) is 0 Å². The fraction of sp³-hybridized carbons (Fsp3) is 1.00. The Morgan fingerprint density at radius 2 is 1.33 bits per heavy atom. The molecule has 1 nitrogen and oxygen atoms in total. The third-order valence-electron chi connectivity index (χ3n) is 0. The Hall–Kier alpha value is 0.731. The predicted octanol–water partition coefficient (Wildman–Crippen LogP) is 0.446. The van der Waals surface area contributed by atoms with E-state index in [1.807, 2.05) is 15.7 Å². The summed E-state index contributed by atoms with van der Waals surface area (Å²) in [5.41, 5.74) is 0. The van der Waals surface area contributed by atoms with E-state index in [1.54, 1.807) is 0 Å². The van der Waals surface area contributed by atoms with Gasteiger partial charge in [-0.2, -0.15) is 0 Å². The molecule has 0 aromatic carbocycles. The first kappa shape index (κ1) is 6.73. The molecule has 0 fully saturated rings. The van der Waals surface area contributed by atoms with Gasteiger partial charge in [0.1, 0.15) is 0 Å². The Kier molecular flexibility index (Phi) is 1.25. The SMILES string of the molecule is [CH3][Ti]([CH3])([CH3])(=[O])[SiH3]. The normalized spacial score (nSPS) is 15.3. The molecular formula is C3H12OSiTi. The van der Waals surface area contributed by atoms with Crippen LogP contribution in [-0.4, -0.2) is 8.11 Å². The van der Waals surface area contributed by atoms with E-state index in [0.29, 0.717) is 0 Å². The molecule has 0 rings (SSSR count). The first-order valence-corrected chi connectivity index (χ1v) is 13.2. The second-order valence-electron chi connectivity index (χ2n) is 3.82. The van der Waals surface area contributed by atoms with E-state index in [-0.39, 0.29) is 0 Å². The molecule has 0 aromatic heterocycles. The van der Waals surface area contributed by atoms with E-state index in [4.69, 9.17) is 0 Å². The molecule has 0 aliphatic heterocycles. The summed E-state index contributed by atoms with van der Waals surface area (Å²) in [5.74, 6) is 0. The predicted molar refractivity (Wildman–Crippen MR) is 28.2 cm³/mol. The second kappa shape index (κ2) is 1.11. The van der Waals surface area contributed by atoms with Crippen molar-refractivity contribution in [1.82, 2.24) is 0 Å². The van der Waals surface area contributed by atoms with Crippen LogP contribution >= 0.6 is 0 Å². The molecule has 0 aliphatic rings. The van der Waals surface area contributed by atoms with Crippen LogP contribution in [0.3, 0.4) is 0 Å². The maximum atomic E-state index is 10.9. The first-order valence-electron chi connectivity index (χ1n) is 2.20. The van der Waals surface area contributed by atoms with Gasteiger partial charge in [-0.3, -0.25) is 0 Å². The third-order valence-corrected chi connectivity index (χ3v) is 0. The standard InChI is InChI=1S/3CH3.O.H3Si.Ti/h3*1H3;;1H3;. The number of hydrogen-bond donors (Lipinski definition) is 0. The van der Waals surface area contributed by atoms with Gasteiger partial charge in [0.05, 0.1) is 0 Å². The molecule has 0 N–H and O–H groups in total. The van der Waals surface area contributed by atoms with Crippen LogP contribution in [0.2, 0.25) is 15.7 Å². The molecule has 0 saturated heterocycles. The summed E-state index contributed by atoms with van der Waals surface area (Å²) in [6.07, 6.45) is 0. The monoisotopic (exact) mass is 140 g/mol. The molecule has 0 bridgehead atoms. The number of rotatable bonds is 0. The van der Waals surface area contributed by atoms with Crippen molar-refractivity contribution in [2.75, 3.05) is 0 Å². The molecular weight excluding hydrogens is 128 g/mol.